The van der Waals surface area contributed by atoms with Crippen LogP contribution in [0, 0.1) is 0 Å². The Morgan fingerprint density at radius 1 is 1.14 bits per heavy atom. The summed E-state index contributed by atoms with van der Waals surface area (Å²) in [6.07, 6.45) is -0.882. The SMILES string of the molecule is C[C@@H](O)CNC[C@H](O)c1ccccc1. The second-order valence-electron chi connectivity index (χ2n) is 3.43. The lowest BCUT2D eigenvalue weighted by Gasteiger charge is -2.12. The molecule has 0 heterocycles. The Bertz CT molecular complexity index is 249. The molecule has 3 nitrogen and oxygen atoms in total. The Kier molecular flexibility index (Phi) is 4.59. The highest BCUT2D eigenvalue weighted by Crippen LogP contribution is 2.10. The Morgan fingerprint density at radius 3 is 2.36 bits per heavy atom. The molecule has 2 atom stereocenters. The number of hydrogen-bond donors (Lipinski definition) is 3. The minimum absolute atomic E-state index is 0.377. The Morgan fingerprint density at radius 2 is 1.79 bits per heavy atom. The van der Waals surface area contributed by atoms with Gasteiger partial charge in [0.05, 0.1) is 12.2 Å². The van der Waals surface area contributed by atoms with Crippen LogP contribution in [0.15, 0.2) is 30.3 Å². The van der Waals surface area contributed by atoms with Crippen LogP contribution in [0.5, 0.6) is 0 Å². The summed E-state index contributed by atoms with van der Waals surface area (Å²) in [5.41, 5.74) is 0.894. The summed E-state index contributed by atoms with van der Waals surface area (Å²) in [6, 6.07) is 9.48. The fourth-order valence-electron chi connectivity index (χ4n) is 1.22. The van der Waals surface area contributed by atoms with Crippen molar-refractivity contribution in [3.8, 4) is 0 Å². The van der Waals surface area contributed by atoms with Crippen molar-refractivity contribution in [1.29, 1.82) is 0 Å². The maximum Gasteiger partial charge on any atom is 0.0914 e. The zero-order valence-corrected chi connectivity index (χ0v) is 8.35. The van der Waals surface area contributed by atoms with Gasteiger partial charge in [0.1, 0.15) is 0 Å². The minimum Gasteiger partial charge on any atom is -0.392 e. The van der Waals surface area contributed by atoms with Crippen molar-refractivity contribution in [3.05, 3.63) is 35.9 Å². The second-order valence-corrected chi connectivity index (χ2v) is 3.43. The van der Waals surface area contributed by atoms with E-state index in [2.05, 4.69) is 5.32 Å². The van der Waals surface area contributed by atoms with Gasteiger partial charge in [0.25, 0.3) is 0 Å². The molecular weight excluding hydrogens is 178 g/mol. The summed E-state index contributed by atoms with van der Waals surface area (Å²) in [7, 11) is 0. The molecule has 0 saturated heterocycles. The standard InChI is InChI=1S/C11H17NO2/c1-9(13)7-12-8-11(14)10-5-3-2-4-6-10/h2-6,9,11-14H,7-8H2,1H3/t9-,11+/m1/s1. The molecule has 0 aromatic heterocycles. The maximum atomic E-state index is 9.69. The van der Waals surface area contributed by atoms with Gasteiger partial charge in [-0.2, -0.15) is 0 Å². The van der Waals surface area contributed by atoms with Crippen LogP contribution in [0.2, 0.25) is 0 Å². The lowest BCUT2D eigenvalue weighted by Crippen LogP contribution is -2.28. The monoisotopic (exact) mass is 195 g/mol. The Hall–Kier alpha value is -0.900. The molecule has 0 radical (unpaired) electrons. The van der Waals surface area contributed by atoms with Crippen LogP contribution in [0.4, 0.5) is 0 Å². The highest BCUT2D eigenvalue weighted by atomic mass is 16.3. The third-order valence-electron chi connectivity index (χ3n) is 1.96. The van der Waals surface area contributed by atoms with Gasteiger partial charge in [-0.1, -0.05) is 30.3 Å². The molecule has 0 aliphatic heterocycles. The third-order valence-corrected chi connectivity index (χ3v) is 1.96. The number of rotatable bonds is 5. The molecule has 78 valence electrons. The van der Waals surface area contributed by atoms with Crippen LogP contribution in [0.3, 0.4) is 0 Å². The van der Waals surface area contributed by atoms with E-state index in [9.17, 15) is 5.11 Å². The Labute approximate surface area is 84.4 Å². The van der Waals surface area contributed by atoms with Gasteiger partial charge in [0.2, 0.25) is 0 Å². The van der Waals surface area contributed by atoms with E-state index in [1.54, 1.807) is 6.92 Å². The van der Waals surface area contributed by atoms with E-state index in [0.29, 0.717) is 13.1 Å². The molecule has 0 aliphatic carbocycles. The molecule has 1 rings (SSSR count). The van der Waals surface area contributed by atoms with Crippen LogP contribution in [0.1, 0.15) is 18.6 Å². The lowest BCUT2D eigenvalue weighted by molar-refractivity contribution is 0.155. The molecule has 0 saturated carbocycles. The first-order valence-corrected chi connectivity index (χ1v) is 4.82. The van der Waals surface area contributed by atoms with Crippen molar-refractivity contribution < 1.29 is 10.2 Å². The average molecular weight is 195 g/mol. The molecule has 3 N–H and O–H groups in total. The molecule has 0 aliphatic rings. The van der Waals surface area contributed by atoms with Gasteiger partial charge in [0.15, 0.2) is 0 Å². The molecule has 14 heavy (non-hydrogen) atoms. The van der Waals surface area contributed by atoms with Gasteiger partial charge in [0, 0.05) is 13.1 Å². The highest BCUT2D eigenvalue weighted by molar-refractivity contribution is 5.17. The van der Waals surface area contributed by atoms with E-state index in [-0.39, 0.29) is 6.10 Å². The zero-order chi connectivity index (χ0) is 10.4. The summed E-state index contributed by atoms with van der Waals surface area (Å²) in [5.74, 6) is 0. The number of aliphatic hydroxyl groups is 2. The number of hydrogen-bond acceptors (Lipinski definition) is 3. The lowest BCUT2D eigenvalue weighted by atomic mass is 10.1. The van der Waals surface area contributed by atoms with Gasteiger partial charge >= 0.3 is 0 Å². The first-order valence-electron chi connectivity index (χ1n) is 4.82. The van der Waals surface area contributed by atoms with Gasteiger partial charge in [-0.25, -0.2) is 0 Å². The van der Waals surface area contributed by atoms with Crippen molar-refractivity contribution in [1.82, 2.24) is 5.32 Å². The summed E-state index contributed by atoms with van der Waals surface area (Å²) < 4.78 is 0. The van der Waals surface area contributed by atoms with Crippen LogP contribution in [0.25, 0.3) is 0 Å². The predicted molar refractivity (Wildman–Crippen MR) is 56.0 cm³/mol. The van der Waals surface area contributed by atoms with Crippen molar-refractivity contribution in [2.24, 2.45) is 0 Å². The van der Waals surface area contributed by atoms with Gasteiger partial charge in [-0.3, -0.25) is 0 Å². The molecule has 0 amide bonds. The first kappa shape index (κ1) is 11.2. The van der Waals surface area contributed by atoms with Crippen molar-refractivity contribution >= 4 is 0 Å². The van der Waals surface area contributed by atoms with Gasteiger partial charge in [-0.05, 0) is 12.5 Å². The van der Waals surface area contributed by atoms with E-state index in [0.717, 1.165) is 5.56 Å². The molecule has 0 spiro atoms. The van der Waals surface area contributed by atoms with Gasteiger partial charge < -0.3 is 15.5 Å². The highest BCUT2D eigenvalue weighted by Gasteiger charge is 2.05. The molecule has 0 fully saturated rings. The first-order chi connectivity index (χ1) is 6.70. The smallest absolute Gasteiger partial charge is 0.0914 e. The maximum absolute atomic E-state index is 9.69. The quantitative estimate of drug-likeness (QED) is 0.648. The van der Waals surface area contributed by atoms with Crippen LogP contribution < -0.4 is 5.32 Å². The average Bonchev–Trinajstić information content (AvgIpc) is 2.18. The predicted octanol–water partition coefficient (Wildman–Crippen LogP) is 0.690. The second kappa shape index (κ2) is 5.75. The largest absolute Gasteiger partial charge is 0.392 e. The number of nitrogens with one attached hydrogen (secondary N) is 1. The normalized spacial score (nSPS) is 15.1. The van der Waals surface area contributed by atoms with Gasteiger partial charge in [-0.15, -0.1) is 0 Å². The van der Waals surface area contributed by atoms with Crippen LogP contribution >= 0.6 is 0 Å². The molecule has 0 bridgehead atoms. The summed E-state index contributed by atoms with van der Waals surface area (Å²) in [4.78, 5) is 0. The van der Waals surface area contributed by atoms with Crippen molar-refractivity contribution in [2.45, 2.75) is 19.1 Å². The Balaban J connectivity index is 2.32. The minimum atomic E-state index is -0.505. The van der Waals surface area contributed by atoms with E-state index in [1.807, 2.05) is 30.3 Å². The number of benzene rings is 1. The van der Waals surface area contributed by atoms with E-state index in [4.69, 9.17) is 5.11 Å². The van der Waals surface area contributed by atoms with E-state index in [1.165, 1.54) is 0 Å². The van der Waals surface area contributed by atoms with Crippen molar-refractivity contribution in [2.75, 3.05) is 13.1 Å². The summed E-state index contributed by atoms with van der Waals surface area (Å²) in [6.45, 7) is 2.68. The summed E-state index contributed by atoms with van der Waals surface area (Å²) >= 11 is 0. The van der Waals surface area contributed by atoms with Crippen molar-refractivity contribution in [3.63, 3.8) is 0 Å². The van der Waals surface area contributed by atoms with E-state index >= 15 is 0 Å². The fourth-order valence-corrected chi connectivity index (χ4v) is 1.22. The van der Waals surface area contributed by atoms with Crippen LogP contribution in [-0.4, -0.2) is 29.4 Å². The third kappa shape index (κ3) is 3.87. The molecule has 1 aromatic rings. The van der Waals surface area contributed by atoms with E-state index < -0.39 is 6.10 Å². The number of aliphatic hydroxyl groups excluding tert-OH is 2. The molecular formula is C11H17NO2. The van der Waals surface area contributed by atoms with Crippen LogP contribution in [-0.2, 0) is 0 Å². The molecule has 0 unspecified atom stereocenters. The fraction of sp³-hybridized carbons (Fsp3) is 0.455. The molecule has 1 aromatic carbocycles. The zero-order valence-electron chi connectivity index (χ0n) is 8.35. The topological polar surface area (TPSA) is 52.5 Å². The molecule has 3 heteroatoms. The summed E-state index contributed by atoms with van der Waals surface area (Å²) in [5, 5.41) is 21.7.